The van der Waals surface area contributed by atoms with Gasteiger partial charge in [-0.25, -0.2) is 0 Å². The number of thiophene rings is 1. The number of fused-ring (bicyclic) bond motifs is 1. The van der Waals surface area contributed by atoms with Crippen molar-refractivity contribution in [2.45, 2.75) is 19.3 Å². The predicted octanol–water partition coefficient (Wildman–Crippen LogP) is 2.98. The summed E-state index contributed by atoms with van der Waals surface area (Å²) < 4.78 is 15.9. The van der Waals surface area contributed by atoms with Crippen molar-refractivity contribution in [3.8, 4) is 11.5 Å². The second-order valence-corrected chi connectivity index (χ2v) is 8.60. The van der Waals surface area contributed by atoms with Crippen LogP contribution >= 0.6 is 11.3 Å². The van der Waals surface area contributed by atoms with Crippen LogP contribution in [0.3, 0.4) is 0 Å². The van der Waals surface area contributed by atoms with Crippen LogP contribution in [0.2, 0.25) is 0 Å². The van der Waals surface area contributed by atoms with E-state index in [4.69, 9.17) is 14.2 Å². The van der Waals surface area contributed by atoms with E-state index < -0.39 is 0 Å². The van der Waals surface area contributed by atoms with Gasteiger partial charge in [0.2, 0.25) is 5.91 Å². The standard InChI is InChI=1S/C22H26N2O5S/c1-27-16-4-5-18(28-2)17(13-16)23-21(25)14-3-6-19-15(11-14)12-20(30-19)22(26)24-7-9-29-10-8-24/h4-5,12-14H,3,6-11H2,1-2H3,(H,23,25). The third kappa shape index (κ3) is 4.29. The number of aryl methyl sites for hydroxylation is 1. The van der Waals surface area contributed by atoms with Gasteiger partial charge in [-0.15, -0.1) is 11.3 Å². The van der Waals surface area contributed by atoms with Crippen LogP contribution < -0.4 is 14.8 Å². The Hall–Kier alpha value is -2.58. The summed E-state index contributed by atoms with van der Waals surface area (Å²) in [7, 11) is 3.16. The minimum Gasteiger partial charge on any atom is -0.497 e. The lowest BCUT2D eigenvalue weighted by Gasteiger charge is -2.26. The fourth-order valence-electron chi connectivity index (χ4n) is 3.92. The highest BCUT2D eigenvalue weighted by molar-refractivity contribution is 7.14. The monoisotopic (exact) mass is 430 g/mol. The number of methoxy groups -OCH3 is 2. The summed E-state index contributed by atoms with van der Waals surface area (Å²) in [5, 5.41) is 2.99. The quantitative estimate of drug-likeness (QED) is 0.789. The summed E-state index contributed by atoms with van der Waals surface area (Å²) in [5.74, 6) is 1.13. The number of carbonyl (C=O) groups is 2. The molecule has 1 aliphatic heterocycles. The second-order valence-electron chi connectivity index (χ2n) is 7.46. The van der Waals surface area contributed by atoms with Crippen LogP contribution in [-0.4, -0.2) is 57.2 Å². The summed E-state index contributed by atoms with van der Waals surface area (Å²) in [4.78, 5) is 29.5. The average Bonchev–Trinajstić information content (AvgIpc) is 3.22. The van der Waals surface area contributed by atoms with Gasteiger partial charge in [-0.2, -0.15) is 0 Å². The molecule has 4 rings (SSSR count). The first-order chi connectivity index (χ1) is 14.6. The predicted molar refractivity (Wildman–Crippen MR) is 115 cm³/mol. The Kier molecular flexibility index (Phi) is 6.24. The Balaban J connectivity index is 1.45. The van der Waals surface area contributed by atoms with E-state index in [1.54, 1.807) is 43.8 Å². The van der Waals surface area contributed by atoms with Crippen molar-refractivity contribution < 1.29 is 23.8 Å². The molecule has 1 N–H and O–H groups in total. The van der Waals surface area contributed by atoms with Crippen LogP contribution in [0.4, 0.5) is 5.69 Å². The zero-order chi connectivity index (χ0) is 21.1. The Morgan fingerprint density at radius 1 is 1.17 bits per heavy atom. The molecule has 1 aliphatic carbocycles. The molecule has 1 atom stereocenters. The molecular weight excluding hydrogens is 404 g/mol. The van der Waals surface area contributed by atoms with E-state index in [0.29, 0.717) is 49.9 Å². The van der Waals surface area contributed by atoms with Crippen LogP contribution in [0.1, 0.15) is 26.5 Å². The number of hydrogen-bond acceptors (Lipinski definition) is 6. The maximum absolute atomic E-state index is 12.9. The molecule has 0 bridgehead atoms. The highest BCUT2D eigenvalue weighted by atomic mass is 32.1. The van der Waals surface area contributed by atoms with Gasteiger partial charge in [0.25, 0.3) is 5.91 Å². The lowest BCUT2D eigenvalue weighted by Crippen LogP contribution is -2.40. The van der Waals surface area contributed by atoms with E-state index in [1.807, 2.05) is 11.0 Å². The molecular formula is C22H26N2O5S. The number of amides is 2. The first-order valence-corrected chi connectivity index (χ1v) is 10.9. The van der Waals surface area contributed by atoms with Crippen molar-refractivity contribution in [1.82, 2.24) is 4.90 Å². The van der Waals surface area contributed by atoms with Gasteiger partial charge in [-0.1, -0.05) is 0 Å². The van der Waals surface area contributed by atoms with E-state index >= 15 is 0 Å². The summed E-state index contributed by atoms with van der Waals surface area (Å²) in [6, 6.07) is 7.30. The molecule has 1 aromatic heterocycles. The van der Waals surface area contributed by atoms with Crippen molar-refractivity contribution in [3.63, 3.8) is 0 Å². The fraction of sp³-hybridized carbons (Fsp3) is 0.455. The zero-order valence-corrected chi connectivity index (χ0v) is 18.0. The van der Waals surface area contributed by atoms with Crippen molar-refractivity contribution in [2.75, 3.05) is 45.8 Å². The molecule has 2 aliphatic rings. The summed E-state index contributed by atoms with van der Waals surface area (Å²) >= 11 is 1.57. The van der Waals surface area contributed by atoms with Crippen molar-refractivity contribution in [1.29, 1.82) is 0 Å². The molecule has 2 heterocycles. The SMILES string of the molecule is COc1ccc(OC)c(NC(=O)C2CCc3sc(C(=O)N4CCOCC4)cc3C2)c1. The Bertz CT molecular complexity index is 936. The van der Waals surface area contributed by atoms with Crippen LogP contribution in [0.5, 0.6) is 11.5 Å². The fourth-order valence-corrected chi connectivity index (χ4v) is 5.10. The number of anilines is 1. The molecule has 1 fully saturated rings. The number of hydrogen-bond donors (Lipinski definition) is 1. The van der Waals surface area contributed by atoms with Crippen LogP contribution in [0, 0.1) is 5.92 Å². The normalized spacial score (nSPS) is 18.5. The second kappa shape index (κ2) is 9.06. The van der Waals surface area contributed by atoms with Crippen LogP contribution in [-0.2, 0) is 22.4 Å². The third-order valence-electron chi connectivity index (χ3n) is 5.63. The van der Waals surface area contributed by atoms with Crippen LogP contribution in [0.25, 0.3) is 0 Å². The Labute approximate surface area is 179 Å². The molecule has 1 unspecified atom stereocenters. The van der Waals surface area contributed by atoms with Crippen LogP contribution in [0.15, 0.2) is 24.3 Å². The highest BCUT2D eigenvalue weighted by Crippen LogP contribution is 2.35. The van der Waals surface area contributed by atoms with E-state index in [0.717, 1.165) is 23.3 Å². The number of morpholine rings is 1. The van der Waals surface area contributed by atoms with Gasteiger partial charge >= 0.3 is 0 Å². The molecule has 7 nitrogen and oxygen atoms in total. The number of rotatable bonds is 5. The highest BCUT2D eigenvalue weighted by Gasteiger charge is 2.29. The van der Waals surface area contributed by atoms with Gasteiger partial charge in [0.15, 0.2) is 0 Å². The first-order valence-electron chi connectivity index (χ1n) is 10.1. The smallest absolute Gasteiger partial charge is 0.264 e. The molecule has 160 valence electrons. The van der Waals surface area contributed by atoms with Gasteiger partial charge < -0.3 is 24.4 Å². The van der Waals surface area contributed by atoms with E-state index in [-0.39, 0.29) is 17.7 Å². The number of carbonyl (C=O) groups excluding carboxylic acids is 2. The molecule has 2 aromatic rings. The Morgan fingerprint density at radius 2 is 1.97 bits per heavy atom. The summed E-state index contributed by atoms with van der Waals surface area (Å²) in [6.07, 6.45) is 2.21. The number of benzene rings is 1. The summed E-state index contributed by atoms with van der Waals surface area (Å²) in [5.41, 5.74) is 1.71. The molecule has 30 heavy (non-hydrogen) atoms. The minimum atomic E-state index is -0.144. The van der Waals surface area contributed by atoms with E-state index in [1.165, 1.54) is 4.88 Å². The number of nitrogens with zero attached hydrogens (tertiary/aromatic N) is 1. The van der Waals surface area contributed by atoms with Crippen molar-refractivity contribution >= 4 is 28.8 Å². The Morgan fingerprint density at radius 3 is 2.70 bits per heavy atom. The van der Waals surface area contributed by atoms with Crippen molar-refractivity contribution in [2.24, 2.45) is 5.92 Å². The van der Waals surface area contributed by atoms with E-state index in [2.05, 4.69) is 5.32 Å². The third-order valence-corrected chi connectivity index (χ3v) is 6.85. The molecule has 1 aromatic carbocycles. The summed E-state index contributed by atoms with van der Waals surface area (Å²) in [6.45, 7) is 2.45. The topological polar surface area (TPSA) is 77.1 Å². The molecule has 2 amide bonds. The van der Waals surface area contributed by atoms with Gasteiger partial charge in [-0.3, -0.25) is 9.59 Å². The number of ether oxygens (including phenoxy) is 3. The molecule has 0 radical (unpaired) electrons. The molecule has 0 saturated carbocycles. The lowest BCUT2D eigenvalue weighted by atomic mass is 9.87. The first kappa shape index (κ1) is 20.7. The van der Waals surface area contributed by atoms with Gasteiger partial charge in [-0.05, 0) is 43.0 Å². The lowest BCUT2D eigenvalue weighted by molar-refractivity contribution is -0.120. The van der Waals surface area contributed by atoms with Crippen molar-refractivity contribution in [3.05, 3.63) is 39.6 Å². The maximum atomic E-state index is 12.9. The van der Waals surface area contributed by atoms with Gasteiger partial charge in [0.1, 0.15) is 11.5 Å². The molecule has 0 spiro atoms. The minimum absolute atomic E-state index is 0.0422. The van der Waals surface area contributed by atoms with E-state index in [9.17, 15) is 9.59 Å². The molecule has 1 saturated heterocycles. The van der Waals surface area contributed by atoms with Gasteiger partial charge in [0.05, 0.1) is 38.0 Å². The van der Waals surface area contributed by atoms with Gasteiger partial charge in [0, 0.05) is 30.0 Å². The average molecular weight is 431 g/mol. The largest absolute Gasteiger partial charge is 0.497 e. The maximum Gasteiger partial charge on any atom is 0.264 e. The zero-order valence-electron chi connectivity index (χ0n) is 17.2. The molecule has 8 heteroatoms. The number of nitrogens with one attached hydrogen (secondary N) is 1.